The van der Waals surface area contributed by atoms with Gasteiger partial charge in [0, 0.05) is 30.6 Å². The zero-order valence-corrected chi connectivity index (χ0v) is 12.4. The number of carbonyl (C=O) groups excluding carboxylic acids is 1. The molecule has 0 radical (unpaired) electrons. The van der Waals surface area contributed by atoms with E-state index in [2.05, 4.69) is 15.4 Å². The SMILES string of the molecule is O=C(NCc1cnn(Cc2ccccc2)c1)c1ccc(=O)[nH]c1. The molecule has 0 aliphatic carbocycles. The Labute approximate surface area is 132 Å². The van der Waals surface area contributed by atoms with Crippen molar-refractivity contribution < 1.29 is 4.79 Å². The third-order valence-electron chi connectivity index (χ3n) is 3.37. The van der Waals surface area contributed by atoms with E-state index in [0.29, 0.717) is 18.7 Å². The van der Waals surface area contributed by atoms with Crippen LogP contribution in [0.25, 0.3) is 0 Å². The highest BCUT2D eigenvalue weighted by Gasteiger charge is 2.06. The lowest BCUT2D eigenvalue weighted by atomic mass is 10.2. The van der Waals surface area contributed by atoms with Crippen molar-refractivity contribution in [3.05, 3.63) is 88.1 Å². The molecule has 1 aromatic carbocycles. The first-order valence-electron chi connectivity index (χ1n) is 7.23. The molecule has 0 atom stereocenters. The highest BCUT2D eigenvalue weighted by molar-refractivity contribution is 5.93. The predicted octanol–water partition coefficient (Wildman–Crippen LogP) is 1.55. The van der Waals surface area contributed by atoms with Crippen LogP contribution in [0, 0.1) is 0 Å². The van der Waals surface area contributed by atoms with E-state index in [0.717, 1.165) is 5.56 Å². The number of hydrogen-bond acceptors (Lipinski definition) is 3. The molecule has 3 aromatic rings. The van der Waals surface area contributed by atoms with Gasteiger partial charge in [0.2, 0.25) is 5.56 Å². The van der Waals surface area contributed by atoms with Gasteiger partial charge in [0.1, 0.15) is 0 Å². The molecule has 1 amide bonds. The van der Waals surface area contributed by atoms with Crippen molar-refractivity contribution in [2.75, 3.05) is 0 Å². The summed E-state index contributed by atoms with van der Waals surface area (Å²) in [4.78, 5) is 25.4. The minimum absolute atomic E-state index is 0.233. The first kappa shape index (κ1) is 14.8. The molecule has 6 heteroatoms. The van der Waals surface area contributed by atoms with E-state index in [4.69, 9.17) is 0 Å². The summed E-state index contributed by atoms with van der Waals surface area (Å²) in [7, 11) is 0. The van der Waals surface area contributed by atoms with Gasteiger partial charge < -0.3 is 10.3 Å². The molecule has 0 bridgehead atoms. The Balaban J connectivity index is 1.58. The predicted molar refractivity (Wildman–Crippen MR) is 86.0 cm³/mol. The number of aromatic nitrogens is 3. The number of carbonyl (C=O) groups is 1. The van der Waals surface area contributed by atoms with Crippen molar-refractivity contribution in [2.24, 2.45) is 0 Å². The molecule has 0 aliphatic heterocycles. The van der Waals surface area contributed by atoms with Gasteiger partial charge in [0.25, 0.3) is 5.91 Å². The lowest BCUT2D eigenvalue weighted by Gasteiger charge is -2.03. The summed E-state index contributed by atoms with van der Waals surface area (Å²) in [6, 6.07) is 12.9. The number of nitrogens with one attached hydrogen (secondary N) is 2. The van der Waals surface area contributed by atoms with Crippen LogP contribution in [0.2, 0.25) is 0 Å². The molecule has 0 unspecified atom stereocenters. The van der Waals surface area contributed by atoms with Gasteiger partial charge >= 0.3 is 0 Å². The summed E-state index contributed by atoms with van der Waals surface area (Å²) < 4.78 is 1.83. The molecular weight excluding hydrogens is 292 g/mol. The number of benzene rings is 1. The van der Waals surface area contributed by atoms with Crippen LogP contribution in [0.15, 0.2) is 65.8 Å². The number of rotatable bonds is 5. The Morgan fingerprint density at radius 2 is 1.96 bits per heavy atom. The largest absolute Gasteiger partial charge is 0.348 e. The number of hydrogen-bond donors (Lipinski definition) is 2. The van der Waals surface area contributed by atoms with Gasteiger partial charge in [-0.3, -0.25) is 14.3 Å². The van der Waals surface area contributed by atoms with Gasteiger partial charge in [-0.25, -0.2) is 0 Å². The van der Waals surface area contributed by atoms with Crippen LogP contribution in [0.1, 0.15) is 21.5 Å². The van der Waals surface area contributed by atoms with Crippen LogP contribution in [0.5, 0.6) is 0 Å². The quantitative estimate of drug-likeness (QED) is 0.750. The summed E-state index contributed by atoms with van der Waals surface area (Å²) in [5, 5.41) is 7.09. The summed E-state index contributed by atoms with van der Waals surface area (Å²) in [5.74, 6) is -0.239. The van der Waals surface area contributed by atoms with Gasteiger partial charge in [0.15, 0.2) is 0 Å². The van der Waals surface area contributed by atoms with Crippen LogP contribution >= 0.6 is 0 Å². The van der Waals surface area contributed by atoms with E-state index in [9.17, 15) is 9.59 Å². The standard InChI is InChI=1S/C17H16N4O2/c22-16-7-6-15(10-18-16)17(23)19-8-14-9-20-21(12-14)11-13-4-2-1-3-5-13/h1-7,9-10,12H,8,11H2,(H,18,22)(H,19,23). The maximum absolute atomic E-state index is 12.0. The Bertz CT molecular complexity index is 832. The van der Waals surface area contributed by atoms with Crippen molar-refractivity contribution in [1.29, 1.82) is 0 Å². The zero-order chi connectivity index (χ0) is 16.1. The Morgan fingerprint density at radius 1 is 1.13 bits per heavy atom. The Morgan fingerprint density at radius 3 is 2.70 bits per heavy atom. The highest BCUT2D eigenvalue weighted by Crippen LogP contribution is 2.04. The first-order chi connectivity index (χ1) is 11.2. The number of nitrogens with zero attached hydrogens (tertiary/aromatic N) is 2. The van der Waals surface area contributed by atoms with Gasteiger partial charge in [-0.2, -0.15) is 5.10 Å². The number of aromatic amines is 1. The van der Waals surface area contributed by atoms with Crippen LogP contribution in [-0.2, 0) is 13.1 Å². The lowest BCUT2D eigenvalue weighted by molar-refractivity contribution is 0.0950. The molecule has 2 aromatic heterocycles. The fourth-order valence-corrected chi connectivity index (χ4v) is 2.19. The molecule has 0 aliphatic rings. The van der Waals surface area contributed by atoms with E-state index >= 15 is 0 Å². The van der Waals surface area contributed by atoms with Crippen molar-refractivity contribution in [3.63, 3.8) is 0 Å². The van der Waals surface area contributed by atoms with E-state index < -0.39 is 0 Å². The van der Waals surface area contributed by atoms with Gasteiger partial charge in [-0.05, 0) is 11.6 Å². The van der Waals surface area contributed by atoms with Crippen molar-refractivity contribution in [2.45, 2.75) is 13.1 Å². The van der Waals surface area contributed by atoms with Gasteiger partial charge in [0.05, 0.1) is 18.3 Å². The Hall–Kier alpha value is -3.15. The molecule has 23 heavy (non-hydrogen) atoms. The maximum Gasteiger partial charge on any atom is 0.253 e. The van der Waals surface area contributed by atoms with Gasteiger partial charge in [-0.1, -0.05) is 30.3 Å². The molecule has 0 fully saturated rings. The minimum Gasteiger partial charge on any atom is -0.348 e. The van der Waals surface area contributed by atoms with Gasteiger partial charge in [-0.15, -0.1) is 0 Å². The maximum atomic E-state index is 12.0. The van der Waals surface area contributed by atoms with Crippen molar-refractivity contribution in [1.82, 2.24) is 20.1 Å². The summed E-state index contributed by atoms with van der Waals surface area (Å²) in [6.07, 6.45) is 5.03. The monoisotopic (exact) mass is 308 g/mol. The molecule has 2 N–H and O–H groups in total. The van der Waals surface area contributed by atoms with Crippen LogP contribution < -0.4 is 10.9 Å². The molecule has 6 nitrogen and oxygen atoms in total. The molecular formula is C17H16N4O2. The third kappa shape index (κ3) is 3.94. The second-order valence-corrected chi connectivity index (χ2v) is 5.16. The summed E-state index contributed by atoms with van der Waals surface area (Å²) in [6.45, 7) is 1.07. The molecule has 3 rings (SSSR count). The minimum atomic E-state index is -0.239. The number of H-pyrrole nitrogens is 1. The molecule has 0 saturated carbocycles. The smallest absolute Gasteiger partial charge is 0.253 e. The molecule has 0 saturated heterocycles. The van der Waals surface area contributed by atoms with E-state index in [1.807, 2.05) is 41.2 Å². The Kier molecular flexibility index (Phi) is 4.33. The molecule has 0 spiro atoms. The van der Waals surface area contributed by atoms with Crippen molar-refractivity contribution in [3.8, 4) is 0 Å². The average Bonchev–Trinajstić information content (AvgIpc) is 3.02. The highest BCUT2D eigenvalue weighted by atomic mass is 16.1. The summed E-state index contributed by atoms with van der Waals surface area (Å²) >= 11 is 0. The van der Waals surface area contributed by atoms with E-state index in [-0.39, 0.29) is 11.5 Å². The van der Waals surface area contributed by atoms with E-state index in [1.54, 1.807) is 6.20 Å². The van der Waals surface area contributed by atoms with E-state index in [1.165, 1.54) is 23.9 Å². The second-order valence-electron chi connectivity index (χ2n) is 5.16. The fourth-order valence-electron chi connectivity index (χ4n) is 2.19. The van der Waals surface area contributed by atoms with Crippen LogP contribution in [-0.4, -0.2) is 20.7 Å². The third-order valence-corrected chi connectivity index (χ3v) is 3.37. The fraction of sp³-hybridized carbons (Fsp3) is 0.118. The van der Waals surface area contributed by atoms with Crippen LogP contribution in [0.3, 0.4) is 0 Å². The number of pyridine rings is 1. The average molecular weight is 308 g/mol. The normalized spacial score (nSPS) is 10.4. The molecule has 116 valence electrons. The lowest BCUT2D eigenvalue weighted by Crippen LogP contribution is -2.23. The first-order valence-corrected chi connectivity index (χ1v) is 7.23. The topological polar surface area (TPSA) is 79.8 Å². The zero-order valence-electron chi connectivity index (χ0n) is 12.4. The summed E-state index contributed by atoms with van der Waals surface area (Å²) in [5.41, 5.74) is 2.27. The number of amides is 1. The van der Waals surface area contributed by atoms with Crippen molar-refractivity contribution >= 4 is 5.91 Å². The van der Waals surface area contributed by atoms with Crippen LogP contribution in [0.4, 0.5) is 0 Å². The second kappa shape index (κ2) is 6.74. The molecule has 2 heterocycles.